The zero-order valence-corrected chi connectivity index (χ0v) is 13.4. The summed E-state index contributed by atoms with van der Waals surface area (Å²) in [4.78, 5) is 23.6. The Morgan fingerprint density at radius 2 is 2.05 bits per heavy atom. The van der Waals surface area contributed by atoms with E-state index in [1.54, 1.807) is 13.0 Å². The molecule has 0 aliphatic heterocycles. The topological polar surface area (TPSA) is 63.6 Å². The van der Waals surface area contributed by atoms with E-state index in [0.717, 1.165) is 19.3 Å². The van der Waals surface area contributed by atoms with Gasteiger partial charge < -0.3 is 9.84 Å². The number of allylic oxidation sites excluding steroid dienone is 1. The number of carboxylic acids is 1. The number of hydrogen-bond acceptors (Lipinski definition) is 3. The molecule has 0 heterocycles. The second kappa shape index (κ2) is 8.20. The third-order valence-electron chi connectivity index (χ3n) is 4.21. The molecule has 0 aromatic heterocycles. The van der Waals surface area contributed by atoms with Crippen molar-refractivity contribution in [1.29, 1.82) is 0 Å². The van der Waals surface area contributed by atoms with Crippen LogP contribution in [-0.2, 0) is 14.3 Å². The molecule has 1 aliphatic carbocycles. The molecule has 0 saturated heterocycles. The van der Waals surface area contributed by atoms with Gasteiger partial charge in [0.2, 0.25) is 0 Å². The molecule has 2 atom stereocenters. The lowest BCUT2D eigenvalue weighted by atomic mass is 9.71. The summed E-state index contributed by atoms with van der Waals surface area (Å²) in [6.07, 6.45) is 9.00. The average Bonchev–Trinajstić information content (AvgIpc) is 2.42. The summed E-state index contributed by atoms with van der Waals surface area (Å²) in [6.45, 7) is 6.44. The van der Waals surface area contributed by atoms with Crippen LogP contribution in [-0.4, -0.2) is 23.7 Å². The van der Waals surface area contributed by atoms with Crippen LogP contribution in [0.1, 0.15) is 59.3 Å². The lowest BCUT2D eigenvalue weighted by molar-refractivity contribution is -0.163. The number of carbonyl (C=O) groups excluding carboxylic acids is 1. The minimum atomic E-state index is -1.03. The van der Waals surface area contributed by atoms with Gasteiger partial charge >= 0.3 is 11.9 Å². The maximum Gasteiger partial charge on any atom is 0.316 e. The highest BCUT2D eigenvalue weighted by Gasteiger charge is 2.45. The Labute approximate surface area is 127 Å². The van der Waals surface area contributed by atoms with E-state index in [4.69, 9.17) is 4.74 Å². The normalized spacial score (nSPS) is 25.0. The van der Waals surface area contributed by atoms with Gasteiger partial charge in [-0.2, -0.15) is 0 Å². The largest absolute Gasteiger partial charge is 0.481 e. The summed E-state index contributed by atoms with van der Waals surface area (Å²) in [6, 6.07) is 0. The molecule has 1 rings (SSSR count). The molecule has 0 spiro atoms. The van der Waals surface area contributed by atoms with Gasteiger partial charge in [-0.3, -0.25) is 9.59 Å². The fourth-order valence-corrected chi connectivity index (χ4v) is 2.75. The van der Waals surface area contributed by atoms with E-state index in [0.29, 0.717) is 25.4 Å². The van der Waals surface area contributed by atoms with Gasteiger partial charge in [-0.15, -0.1) is 0 Å². The summed E-state index contributed by atoms with van der Waals surface area (Å²) in [7, 11) is 0. The van der Waals surface area contributed by atoms with Crippen LogP contribution in [0.15, 0.2) is 12.2 Å². The molecule has 120 valence electrons. The van der Waals surface area contributed by atoms with Crippen molar-refractivity contribution in [3.05, 3.63) is 12.2 Å². The monoisotopic (exact) mass is 296 g/mol. The van der Waals surface area contributed by atoms with E-state index in [2.05, 4.69) is 13.8 Å². The van der Waals surface area contributed by atoms with Crippen LogP contribution in [0, 0.1) is 17.3 Å². The first kappa shape index (κ1) is 17.7. The Morgan fingerprint density at radius 3 is 2.67 bits per heavy atom. The summed E-state index contributed by atoms with van der Waals surface area (Å²) in [5.74, 6) is -1.31. The maximum atomic E-state index is 12.2. The van der Waals surface area contributed by atoms with Crippen molar-refractivity contribution in [2.45, 2.75) is 59.3 Å². The van der Waals surface area contributed by atoms with Gasteiger partial charge in [0.1, 0.15) is 0 Å². The van der Waals surface area contributed by atoms with Gasteiger partial charge in [-0.1, -0.05) is 45.3 Å². The number of aliphatic carboxylic acids is 1. The fourth-order valence-electron chi connectivity index (χ4n) is 2.75. The third-order valence-corrected chi connectivity index (χ3v) is 4.21. The van der Waals surface area contributed by atoms with Crippen LogP contribution in [0.25, 0.3) is 0 Å². The lowest BCUT2D eigenvalue weighted by Crippen LogP contribution is -2.41. The predicted octanol–water partition coefficient (Wildman–Crippen LogP) is 3.80. The number of rotatable bonds is 8. The van der Waals surface area contributed by atoms with E-state index in [1.807, 2.05) is 6.08 Å². The minimum Gasteiger partial charge on any atom is -0.481 e. The molecule has 4 nitrogen and oxygen atoms in total. The van der Waals surface area contributed by atoms with Crippen molar-refractivity contribution in [2.24, 2.45) is 17.3 Å². The number of unbranched alkanes of at least 4 members (excludes halogenated alkanes) is 2. The summed E-state index contributed by atoms with van der Waals surface area (Å²) in [5.41, 5.74) is -1.03. The molecule has 2 unspecified atom stereocenters. The molecule has 0 aromatic carbocycles. The first-order chi connectivity index (χ1) is 9.88. The number of carbonyl (C=O) groups is 2. The van der Waals surface area contributed by atoms with E-state index in [-0.39, 0.29) is 0 Å². The van der Waals surface area contributed by atoms with Crippen LogP contribution in [0.4, 0.5) is 0 Å². The Bertz CT molecular complexity index is 386. The Morgan fingerprint density at radius 1 is 1.33 bits per heavy atom. The van der Waals surface area contributed by atoms with E-state index < -0.39 is 23.3 Å². The van der Waals surface area contributed by atoms with Crippen molar-refractivity contribution < 1.29 is 19.4 Å². The molecule has 1 aliphatic rings. The Balaban J connectivity index is 2.41. The maximum absolute atomic E-state index is 12.2. The minimum absolute atomic E-state index is 0.382. The quantitative estimate of drug-likeness (QED) is 0.420. The van der Waals surface area contributed by atoms with Crippen LogP contribution in [0.2, 0.25) is 0 Å². The number of esters is 1. The fraction of sp³-hybridized carbons (Fsp3) is 0.765. The highest BCUT2D eigenvalue weighted by atomic mass is 16.5. The van der Waals surface area contributed by atoms with Gasteiger partial charge in [-0.05, 0) is 32.1 Å². The molecule has 1 N–H and O–H groups in total. The van der Waals surface area contributed by atoms with Gasteiger partial charge in [0.25, 0.3) is 0 Å². The van der Waals surface area contributed by atoms with Crippen LogP contribution >= 0.6 is 0 Å². The van der Waals surface area contributed by atoms with Crippen LogP contribution < -0.4 is 0 Å². The molecule has 0 amide bonds. The molecule has 0 saturated carbocycles. The van der Waals surface area contributed by atoms with E-state index in [1.165, 1.54) is 6.42 Å². The predicted molar refractivity (Wildman–Crippen MR) is 81.9 cm³/mol. The Kier molecular flexibility index (Phi) is 6.93. The summed E-state index contributed by atoms with van der Waals surface area (Å²) in [5, 5.41) is 9.27. The SMILES string of the molecule is CC(C)CCCCCOC(=O)C1(C)C=CCCC1C(=O)O. The number of ether oxygens (including phenoxy) is 1. The van der Waals surface area contributed by atoms with Crippen molar-refractivity contribution in [3.8, 4) is 0 Å². The molecule has 0 fully saturated rings. The van der Waals surface area contributed by atoms with Crippen molar-refractivity contribution in [1.82, 2.24) is 0 Å². The standard InChI is InChI=1S/C17H28O4/c1-13(2)9-5-4-8-12-21-16(20)17(3)11-7-6-10-14(17)15(18)19/h7,11,13-14H,4-6,8-10,12H2,1-3H3,(H,18,19). The van der Waals surface area contributed by atoms with E-state index in [9.17, 15) is 14.7 Å². The molecular formula is C17H28O4. The molecule has 0 radical (unpaired) electrons. The second-order valence-electron chi connectivity index (χ2n) is 6.53. The van der Waals surface area contributed by atoms with Gasteiger partial charge in [-0.25, -0.2) is 0 Å². The molecule has 21 heavy (non-hydrogen) atoms. The second-order valence-corrected chi connectivity index (χ2v) is 6.53. The van der Waals surface area contributed by atoms with E-state index >= 15 is 0 Å². The molecule has 0 aromatic rings. The van der Waals surface area contributed by atoms with Gasteiger partial charge in [0.05, 0.1) is 17.9 Å². The highest BCUT2D eigenvalue weighted by Crippen LogP contribution is 2.38. The summed E-state index contributed by atoms with van der Waals surface area (Å²) >= 11 is 0. The average molecular weight is 296 g/mol. The number of carboxylic acid groups (broad SMARTS) is 1. The zero-order valence-electron chi connectivity index (χ0n) is 13.4. The van der Waals surface area contributed by atoms with Crippen LogP contribution in [0.5, 0.6) is 0 Å². The molecule has 0 bridgehead atoms. The van der Waals surface area contributed by atoms with Crippen molar-refractivity contribution in [2.75, 3.05) is 6.61 Å². The smallest absolute Gasteiger partial charge is 0.316 e. The molecular weight excluding hydrogens is 268 g/mol. The first-order valence-corrected chi connectivity index (χ1v) is 7.95. The highest BCUT2D eigenvalue weighted by molar-refractivity contribution is 5.86. The van der Waals surface area contributed by atoms with Crippen molar-refractivity contribution >= 4 is 11.9 Å². The van der Waals surface area contributed by atoms with Crippen molar-refractivity contribution in [3.63, 3.8) is 0 Å². The van der Waals surface area contributed by atoms with Gasteiger partial charge in [0.15, 0.2) is 0 Å². The van der Waals surface area contributed by atoms with Gasteiger partial charge in [0, 0.05) is 0 Å². The van der Waals surface area contributed by atoms with Crippen LogP contribution in [0.3, 0.4) is 0 Å². The third kappa shape index (κ3) is 5.18. The Hall–Kier alpha value is -1.32. The number of hydrogen-bond donors (Lipinski definition) is 1. The summed E-state index contributed by atoms with van der Waals surface area (Å²) < 4.78 is 5.32. The molecule has 4 heteroatoms. The zero-order chi connectivity index (χ0) is 15.9. The first-order valence-electron chi connectivity index (χ1n) is 7.95. The lowest BCUT2D eigenvalue weighted by Gasteiger charge is -2.32.